The van der Waals surface area contributed by atoms with Crippen LogP contribution in [0.1, 0.15) is 42.3 Å². The number of carbonyl (C=O) groups is 3. The van der Waals surface area contributed by atoms with Gasteiger partial charge >= 0.3 is 17.9 Å². The normalized spacial score (nSPS) is 11.5. The van der Waals surface area contributed by atoms with Crippen molar-refractivity contribution in [3.63, 3.8) is 0 Å². The first-order valence-corrected chi connectivity index (χ1v) is 12.2. The third-order valence-electron chi connectivity index (χ3n) is 5.86. The molecule has 0 saturated carbocycles. The van der Waals surface area contributed by atoms with Gasteiger partial charge in [-0.1, -0.05) is 56.3 Å². The zero-order chi connectivity index (χ0) is 26.8. The van der Waals surface area contributed by atoms with E-state index in [2.05, 4.69) is 0 Å². The van der Waals surface area contributed by atoms with Gasteiger partial charge in [0, 0.05) is 6.92 Å². The standard InChI is InChI=1S/C30H32O7/c1-20(2)26(19-35-29(32)25-13-6-8-15-28(25)36-21(3)31)30(33)37-27-14-7-5-11-23(27)17-16-22-10-9-12-24(18-22)34-4/h5-15,18,20,26H,16-17,19H2,1-4H3. The Hall–Kier alpha value is -4.13. The summed E-state index contributed by atoms with van der Waals surface area (Å²) in [4.78, 5) is 37.2. The number of ether oxygens (including phenoxy) is 4. The van der Waals surface area contributed by atoms with Crippen molar-refractivity contribution in [2.24, 2.45) is 11.8 Å². The van der Waals surface area contributed by atoms with Gasteiger partial charge in [0.2, 0.25) is 0 Å². The molecule has 0 N–H and O–H groups in total. The third-order valence-corrected chi connectivity index (χ3v) is 5.86. The Morgan fingerprint density at radius 1 is 0.811 bits per heavy atom. The number of carbonyl (C=O) groups excluding carboxylic acids is 3. The summed E-state index contributed by atoms with van der Waals surface area (Å²) in [5, 5.41) is 0. The van der Waals surface area contributed by atoms with Crippen molar-refractivity contribution in [2.75, 3.05) is 13.7 Å². The van der Waals surface area contributed by atoms with Crippen LogP contribution in [0, 0.1) is 11.8 Å². The lowest BCUT2D eigenvalue weighted by atomic mass is 9.97. The molecule has 0 fully saturated rings. The van der Waals surface area contributed by atoms with Gasteiger partial charge in [-0.2, -0.15) is 0 Å². The lowest BCUT2D eigenvalue weighted by Crippen LogP contribution is -2.30. The molecule has 0 spiro atoms. The van der Waals surface area contributed by atoms with Gasteiger partial charge in [-0.3, -0.25) is 9.59 Å². The highest BCUT2D eigenvalue weighted by Crippen LogP contribution is 2.25. The third kappa shape index (κ3) is 7.93. The molecule has 37 heavy (non-hydrogen) atoms. The van der Waals surface area contributed by atoms with E-state index in [1.807, 2.05) is 56.3 Å². The molecule has 7 nitrogen and oxygen atoms in total. The molecule has 0 amide bonds. The van der Waals surface area contributed by atoms with Crippen LogP contribution < -0.4 is 14.2 Å². The van der Waals surface area contributed by atoms with Gasteiger partial charge in [-0.15, -0.1) is 0 Å². The number of para-hydroxylation sites is 2. The molecular weight excluding hydrogens is 472 g/mol. The van der Waals surface area contributed by atoms with Gasteiger partial charge in [-0.05, 0) is 60.2 Å². The molecule has 7 heteroatoms. The van der Waals surface area contributed by atoms with Crippen molar-refractivity contribution in [3.05, 3.63) is 89.5 Å². The summed E-state index contributed by atoms with van der Waals surface area (Å²) in [7, 11) is 1.63. The minimum absolute atomic E-state index is 0.105. The summed E-state index contributed by atoms with van der Waals surface area (Å²) >= 11 is 0. The number of methoxy groups -OCH3 is 1. The highest BCUT2D eigenvalue weighted by atomic mass is 16.6. The molecule has 0 bridgehead atoms. The molecule has 0 aliphatic heterocycles. The fourth-order valence-corrected chi connectivity index (χ4v) is 3.76. The maximum Gasteiger partial charge on any atom is 0.341 e. The molecule has 3 aromatic carbocycles. The van der Waals surface area contributed by atoms with Crippen LogP contribution in [-0.2, 0) is 27.2 Å². The van der Waals surface area contributed by atoms with E-state index in [0.29, 0.717) is 12.2 Å². The van der Waals surface area contributed by atoms with Crippen molar-refractivity contribution >= 4 is 17.9 Å². The van der Waals surface area contributed by atoms with Crippen LogP contribution in [0.2, 0.25) is 0 Å². The summed E-state index contributed by atoms with van der Waals surface area (Å²) in [5.41, 5.74) is 2.12. The Morgan fingerprint density at radius 2 is 1.51 bits per heavy atom. The van der Waals surface area contributed by atoms with Gasteiger partial charge in [-0.25, -0.2) is 4.79 Å². The van der Waals surface area contributed by atoms with Crippen LogP contribution in [0.15, 0.2) is 72.8 Å². The molecule has 0 aliphatic carbocycles. The van der Waals surface area contributed by atoms with Crippen molar-refractivity contribution in [1.82, 2.24) is 0 Å². The SMILES string of the molecule is COc1cccc(CCc2ccccc2OC(=O)C(COC(=O)c2ccccc2OC(C)=O)C(C)C)c1. The molecule has 1 atom stereocenters. The Kier molecular flexibility index (Phi) is 9.84. The van der Waals surface area contributed by atoms with E-state index in [9.17, 15) is 14.4 Å². The summed E-state index contributed by atoms with van der Waals surface area (Å²) in [6, 6.07) is 21.6. The van der Waals surface area contributed by atoms with E-state index in [0.717, 1.165) is 23.3 Å². The van der Waals surface area contributed by atoms with E-state index in [1.165, 1.54) is 19.1 Å². The lowest BCUT2D eigenvalue weighted by molar-refractivity contribution is -0.142. The van der Waals surface area contributed by atoms with Crippen LogP contribution in [-0.4, -0.2) is 31.6 Å². The second kappa shape index (κ2) is 13.3. The van der Waals surface area contributed by atoms with Crippen LogP contribution in [0.5, 0.6) is 17.2 Å². The molecule has 0 aromatic heterocycles. The van der Waals surface area contributed by atoms with Gasteiger partial charge in [0.15, 0.2) is 0 Å². The van der Waals surface area contributed by atoms with Crippen LogP contribution in [0.3, 0.4) is 0 Å². The fourth-order valence-electron chi connectivity index (χ4n) is 3.76. The van der Waals surface area contributed by atoms with Crippen molar-refractivity contribution in [2.45, 2.75) is 33.6 Å². The van der Waals surface area contributed by atoms with Crippen LogP contribution >= 0.6 is 0 Å². The maximum atomic E-state index is 13.1. The Balaban J connectivity index is 1.66. The average molecular weight is 505 g/mol. The van der Waals surface area contributed by atoms with Crippen molar-refractivity contribution < 1.29 is 33.3 Å². The molecular formula is C30H32O7. The van der Waals surface area contributed by atoms with Gasteiger partial charge in [0.25, 0.3) is 0 Å². The number of hydrogen-bond donors (Lipinski definition) is 0. The predicted molar refractivity (Wildman–Crippen MR) is 139 cm³/mol. The van der Waals surface area contributed by atoms with Gasteiger partial charge < -0.3 is 18.9 Å². The van der Waals surface area contributed by atoms with Gasteiger partial charge in [0.05, 0.1) is 13.0 Å². The largest absolute Gasteiger partial charge is 0.497 e. The summed E-state index contributed by atoms with van der Waals surface area (Å²) in [5.74, 6) is -1.17. The minimum atomic E-state index is -0.686. The summed E-state index contributed by atoms with van der Waals surface area (Å²) in [6.07, 6.45) is 1.42. The van der Waals surface area contributed by atoms with E-state index in [4.69, 9.17) is 18.9 Å². The monoisotopic (exact) mass is 504 g/mol. The lowest BCUT2D eigenvalue weighted by Gasteiger charge is -2.20. The first-order chi connectivity index (χ1) is 17.8. The smallest absolute Gasteiger partial charge is 0.341 e. The van der Waals surface area contributed by atoms with E-state index in [1.54, 1.807) is 25.3 Å². The van der Waals surface area contributed by atoms with Crippen LogP contribution in [0.4, 0.5) is 0 Å². The first kappa shape index (κ1) is 27.5. The van der Waals surface area contributed by atoms with Crippen molar-refractivity contribution in [1.29, 1.82) is 0 Å². The number of rotatable bonds is 11. The first-order valence-electron chi connectivity index (χ1n) is 12.2. The molecule has 3 aromatic rings. The van der Waals surface area contributed by atoms with E-state index in [-0.39, 0.29) is 23.8 Å². The highest BCUT2D eigenvalue weighted by molar-refractivity contribution is 5.93. The number of esters is 3. The van der Waals surface area contributed by atoms with E-state index >= 15 is 0 Å². The minimum Gasteiger partial charge on any atom is -0.497 e. The second-order valence-electron chi connectivity index (χ2n) is 8.92. The second-order valence-corrected chi connectivity index (χ2v) is 8.92. The summed E-state index contributed by atoms with van der Waals surface area (Å²) < 4.78 is 21.6. The zero-order valence-electron chi connectivity index (χ0n) is 21.6. The Bertz CT molecular complexity index is 1230. The summed E-state index contributed by atoms with van der Waals surface area (Å²) in [6.45, 7) is 4.81. The Morgan fingerprint density at radius 3 is 2.22 bits per heavy atom. The van der Waals surface area contributed by atoms with Crippen molar-refractivity contribution in [3.8, 4) is 17.2 Å². The molecule has 1 unspecified atom stereocenters. The molecule has 0 aliphatic rings. The van der Waals surface area contributed by atoms with Crippen LogP contribution in [0.25, 0.3) is 0 Å². The quantitative estimate of drug-likeness (QED) is 0.254. The number of hydrogen-bond acceptors (Lipinski definition) is 7. The molecule has 3 rings (SSSR count). The highest BCUT2D eigenvalue weighted by Gasteiger charge is 2.28. The molecule has 0 heterocycles. The van der Waals surface area contributed by atoms with Gasteiger partial charge in [0.1, 0.15) is 29.4 Å². The number of benzene rings is 3. The maximum absolute atomic E-state index is 13.1. The van der Waals surface area contributed by atoms with E-state index < -0.39 is 23.8 Å². The molecule has 194 valence electrons. The molecule has 0 radical (unpaired) electrons. The predicted octanol–water partition coefficient (Wildman–Crippen LogP) is 5.44. The average Bonchev–Trinajstić information content (AvgIpc) is 2.88. The number of aryl methyl sites for hydroxylation is 2. The topological polar surface area (TPSA) is 88.1 Å². The Labute approximate surface area is 217 Å². The fraction of sp³-hybridized carbons (Fsp3) is 0.300. The molecule has 0 saturated heterocycles. The zero-order valence-corrected chi connectivity index (χ0v) is 21.6.